The van der Waals surface area contributed by atoms with E-state index in [1.54, 1.807) is 0 Å². The number of halogens is 1. The Bertz CT molecular complexity index is 831. The normalized spacial score (nSPS) is 21.1. The minimum Gasteiger partial charge on any atom is -0.370 e. The molecule has 3 heterocycles. The molecule has 0 radical (unpaired) electrons. The van der Waals surface area contributed by atoms with Crippen LogP contribution in [0.5, 0.6) is 0 Å². The van der Waals surface area contributed by atoms with Gasteiger partial charge in [0.2, 0.25) is 0 Å². The molecule has 2 aliphatic rings. The van der Waals surface area contributed by atoms with Crippen molar-refractivity contribution in [2.45, 2.75) is 44.7 Å². The van der Waals surface area contributed by atoms with E-state index in [1.807, 2.05) is 31.4 Å². The summed E-state index contributed by atoms with van der Waals surface area (Å²) in [5.41, 5.74) is 1.44. The largest absolute Gasteiger partial charge is 0.370 e. The minimum atomic E-state index is 0. The first-order valence-electron chi connectivity index (χ1n) is 12.2. The van der Waals surface area contributed by atoms with Gasteiger partial charge >= 0.3 is 0 Å². The highest BCUT2D eigenvalue weighted by atomic mass is 127. The molecule has 6 nitrogen and oxygen atoms in total. The smallest absolute Gasteiger partial charge is 0.193 e. The molecule has 33 heavy (non-hydrogen) atoms. The van der Waals surface area contributed by atoms with Crippen molar-refractivity contribution in [1.82, 2.24) is 20.1 Å². The first-order chi connectivity index (χ1) is 15.8. The molecule has 0 amide bonds. The van der Waals surface area contributed by atoms with E-state index in [0.29, 0.717) is 6.04 Å². The average Bonchev–Trinajstić information content (AvgIpc) is 2.85. The zero-order chi connectivity index (χ0) is 22.0. The standard InChI is InChI=1S/C26H38N6.HI/c1-27-26(30-17-8-7-16-29-25-13-5-6-15-28-25)32-19-14-24-23(21-32)12-9-18-31(24)20-22-10-3-2-4-11-22;/h2-6,10-11,13,15,23-24H,7-9,12,14,16-21H2,1H3,(H,27,30)(H,28,29);1H. The lowest BCUT2D eigenvalue weighted by atomic mass is 9.83. The number of nitrogens with zero attached hydrogens (tertiary/aromatic N) is 4. The zero-order valence-corrected chi connectivity index (χ0v) is 22.2. The van der Waals surface area contributed by atoms with Gasteiger partial charge in [0.1, 0.15) is 5.82 Å². The first kappa shape index (κ1) is 25.7. The monoisotopic (exact) mass is 562 g/mol. The van der Waals surface area contributed by atoms with Crippen LogP contribution in [0.15, 0.2) is 59.7 Å². The van der Waals surface area contributed by atoms with Crippen LogP contribution in [0.1, 0.15) is 37.7 Å². The maximum Gasteiger partial charge on any atom is 0.193 e. The van der Waals surface area contributed by atoms with Crippen LogP contribution in [0.25, 0.3) is 0 Å². The van der Waals surface area contributed by atoms with E-state index in [-0.39, 0.29) is 24.0 Å². The lowest BCUT2D eigenvalue weighted by Crippen LogP contribution is -2.56. The molecule has 2 atom stereocenters. The summed E-state index contributed by atoms with van der Waals surface area (Å²) < 4.78 is 0. The van der Waals surface area contributed by atoms with E-state index in [2.05, 4.69) is 60.7 Å². The second-order valence-electron chi connectivity index (χ2n) is 8.98. The van der Waals surface area contributed by atoms with Gasteiger partial charge in [0, 0.05) is 52.0 Å². The van der Waals surface area contributed by atoms with Gasteiger partial charge in [-0.3, -0.25) is 9.89 Å². The molecule has 1 aromatic carbocycles. The van der Waals surface area contributed by atoms with Gasteiger partial charge in [0.15, 0.2) is 5.96 Å². The Labute approximate surface area is 216 Å². The molecule has 180 valence electrons. The highest BCUT2D eigenvalue weighted by Crippen LogP contribution is 2.31. The van der Waals surface area contributed by atoms with E-state index in [0.717, 1.165) is 63.3 Å². The number of benzene rings is 1. The van der Waals surface area contributed by atoms with Crippen molar-refractivity contribution in [3.63, 3.8) is 0 Å². The maximum atomic E-state index is 4.59. The summed E-state index contributed by atoms with van der Waals surface area (Å²) in [5, 5.41) is 6.98. The summed E-state index contributed by atoms with van der Waals surface area (Å²) in [6, 6.07) is 17.6. The molecule has 2 fully saturated rings. The third-order valence-corrected chi connectivity index (χ3v) is 6.78. The second kappa shape index (κ2) is 13.7. The number of aliphatic imine (C=N–C) groups is 1. The Balaban J connectivity index is 0.00000306. The van der Waals surface area contributed by atoms with E-state index >= 15 is 0 Å². The number of likely N-dealkylation sites (tertiary alicyclic amines) is 2. The van der Waals surface area contributed by atoms with Crippen LogP contribution in [0.2, 0.25) is 0 Å². The summed E-state index contributed by atoms with van der Waals surface area (Å²) in [5.74, 6) is 2.76. The molecule has 0 spiro atoms. The molecule has 1 aromatic heterocycles. The number of unbranched alkanes of at least 4 members (excludes halogenated alkanes) is 1. The van der Waals surface area contributed by atoms with E-state index in [1.165, 1.54) is 31.4 Å². The van der Waals surface area contributed by atoms with Crippen molar-refractivity contribution < 1.29 is 0 Å². The van der Waals surface area contributed by atoms with Crippen LogP contribution in [-0.4, -0.2) is 66.6 Å². The molecule has 2 aromatic rings. The number of nitrogens with one attached hydrogen (secondary N) is 2. The van der Waals surface area contributed by atoms with E-state index in [9.17, 15) is 0 Å². The number of hydrogen-bond donors (Lipinski definition) is 2. The van der Waals surface area contributed by atoms with Crippen LogP contribution >= 0.6 is 24.0 Å². The maximum absolute atomic E-state index is 4.59. The molecule has 2 saturated heterocycles. The van der Waals surface area contributed by atoms with Crippen LogP contribution < -0.4 is 10.6 Å². The fraction of sp³-hybridized carbons (Fsp3) is 0.538. The van der Waals surface area contributed by atoms with Gasteiger partial charge in [-0.05, 0) is 62.3 Å². The number of aromatic nitrogens is 1. The van der Waals surface area contributed by atoms with Gasteiger partial charge in [-0.2, -0.15) is 0 Å². The van der Waals surface area contributed by atoms with Gasteiger partial charge < -0.3 is 15.5 Å². The van der Waals surface area contributed by atoms with E-state index < -0.39 is 0 Å². The molecule has 2 aliphatic heterocycles. The molecular weight excluding hydrogens is 523 g/mol. The Kier molecular flexibility index (Phi) is 10.7. The zero-order valence-electron chi connectivity index (χ0n) is 19.8. The summed E-state index contributed by atoms with van der Waals surface area (Å²) in [7, 11) is 1.92. The Morgan fingerprint density at radius 3 is 2.64 bits per heavy atom. The third-order valence-electron chi connectivity index (χ3n) is 6.78. The Hall–Kier alpha value is -1.87. The molecule has 4 rings (SSSR count). The number of anilines is 1. The fourth-order valence-corrected chi connectivity index (χ4v) is 5.18. The summed E-state index contributed by atoms with van der Waals surface area (Å²) in [6.45, 7) is 6.44. The van der Waals surface area contributed by atoms with Crippen molar-refractivity contribution in [3.05, 3.63) is 60.3 Å². The highest BCUT2D eigenvalue weighted by molar-refractivity contribution is 14.0. The quantitative estimate of drug-likeness (QED) is 0.216. The first-order valence-corrected chi connectivity index (χ1v) is 12.2. The fourth-order valence-electron chi connectivity index (χ4n) is 5.18. The molecular formula is C26H39IN6. The van der Waals surface area contributed by atoms with Gasteiger partial charge in [0.05, 0.1) is 0 Å². The van der Waals surface area contributed by atoms with Crippen LogP contribution in [0.3, 0.4) is 0 Å². The second-order valence-corrected chi connectivity index (χ2v) is 8.98. The molecule has 2 N–H and O–H groups in total. The third kappa shape index (κ3) is 7.57. The van der Waals surface area contributed by atoms with Gasteiger partial charge in [-0.15, -0.1) is 24.0 Å². The number of piperidine rings is 2. The van der Waals surface area contributed by atoms with Crippen molar-refractivity contribution in [1.29, 1.82) is 0 Å². The van der Waals surface area contributed by atoms with Crippen molar-refractivity contribution >= 4 is 35.8 Å². The topological polar surface area (TPSA) is 55.8 Å². The molecule has 0 aliphatic carbocycles. The molecule has 7 heteroatoms. The highest BCUT2D eigenvalue weighted by Gasteiger charge is 2.36. The number of guanidine groups is 1. The predicted octanol–water partition coefficient (Wildman–Crippen LogP) is 4.45. The van der Waals surface area contributed by atoms with Crippen molar-refractivity contribution in [2.24, 2.45) is 10.9 Å². The minimum absolute atomic E-state index is 0. The van der Waals surface area contributed by atoms with E-state index in [4.69, 9.17) is 0 Å². The van der Waals surface area contributed by atoms with Gasteiger partial charge in [0.25, 0.3) is 0 Å². The van der Waals surface area contributed by atoms with Gasteiger partial charge in [-0.1, -0.05) is 36.4 Å². The number of fused-ring (bicyclic) bond motifs is 1. The van der Waals surface area contributed by atoms with Crippen LogP contribution in [-0.2, 0) is 6.54 Å². The lowest BCUT2D eigenvalue weighted by molar-refractivity contribution is 0.0372. The van der Waals surface area contributed by atoms with Crippen molar-refractivity contribution in [2.75, 3.05) is 45.1 Å². The van der Waals surface area contributed by atoms with Crippen LogP contribution in [0.4, 0.5) is 5.82 Å². The molecule has 2 unspecified atom stereocenters. The Morgan fingerprint density at radius 2 is 1.85 bits per heavy atom. The summed E-state index contributed by atoms with van der Waals surface area (Å²) >= 11 is 0. The molecule has 0 saturated carbocycles. The lowest BCUT2D eigenvalue weighted by Gasteiger charge is -2.48. The van der Waals surface area contributed by atoms with Crippen LogP contribution in [0, 0.1) is 5.92 Å². The summed E-state index contributed by atoms with van der Waals surface area (Å²) in [4.78, 5) is 14.1. The Morgan fingerprint density at radius 1 is 1.03 bits per heavy atom. The SMILES string of the molecule is CN=C(NCCCCNc1ccccn1)N1CCC2C(CCCN2Cc2ccccc2)C1.I. The van der Waals surface area contributed by atoms with Crippen molar-refractivity contribution in [3.8, 4) is 0 Å². The summed E-state index contributed by atoms with van der Waals surface area (Å²) in [6.07, 6.45) is 7.92. The predicted molar refractivity (Wildman–Crippen MR) is 148 cm³/mol. The molecule has 0 bridgehead atoms. The average molecular weight is 563 g/mol. The number of hydrogen-bond acceptors (Lipinski definition) is 4. The number of pyridine rings is 1. The number of rotatable bonds is 8. The van der Waals surface area contributed by atoms with Gasteiger partial charge in [-0.25, -0.2) is 4.98 Å².